The summed E-state index contributed by atoms with van der Waals surface area (Å²) in [6.07, 6.45) is 5.28. The van der Waals surface area contributed by atoms with E-state index in [1.807, 2.05) is 6.07 Å². The van der Waals surface area contributed by atoms with Crippen LogP contribution in [0.2, 0.25) is 0 Å². The Hall–Kier alpha value is -1.35. The maximum absolute atomic E-state index is 12.1. The number of nitrogens with one attached hydrogen (secondary N) is 1. The summed E-state index contributed by atoms with van der Waals surface area (Å²) >= 11 is 0. The number of likely N-dealkylation sites (tertiary alicyclic amines) is 1. The lowest BCUT2D eigenvalue weighted by Crippen LogP contribution is -2.39. The second-order valence-corrected chi connectivity index (χ2v) is 6.91. The van der Waals surface area contributed by atoms with Gasteiger partial charge in [0.05, 0.1) is 0 Å². The molecule has 0 spiro atoms. The summed E-state index contributed by atoms with van der Waals surface area (Å²) < 4.78 is 0. The molecule has 3 nitrogen and oxygen atoms in total. The van der Waals surface area contributed by atoms with E-state index >= 15 is 0 Å². The molecule has 3 heteroatoms. The minimum atomic E-state index is 0.216. The highest BCUT2D eigenvalue weighted by molar-refractivity contribution is 5.76. The van der Waals surface area contributed by atoms with Crippen molar-refractivity contribution in [2.45, 2.75) is 39.0 Å². The number of nitrogens with zero attached hydrogens (tertiary/aromatic N) is 1. The Balaban J connectivity index is 1.61. The molecule has 1 fully saturated rings. The Morgan fingerprint density at radius 3 is 2.86 bits per heavy atom. The summed E-state index contributed by atoms with van der Waals surface area (Å²) in [4.78, 5) is 14.4. The zero-order valence-electron chi connectivity index (χ0n) is 14.1. The normalized spacial score (nSPS) is 20.5. The molecule has 0 saturated carbocycles. The van der Waals surface area contributed by atoms with Gasteiger partial charge in [-0.2, -0.15) is 0 Å². The van der Waals surface area contributed by atoms with Crippen LogP contribution in [0.4, 0.5) is 0 Å². The molecule has 1 amide bonds. The Kier molecular flexibility index (Phi) is 6.91. The van der Waals surface area contributed by atoms with Crippen LogP contribution < -0.4 is 5.32 Å². The molecule has 1 N–H and O–H groups in total. The van der Waals surface area contributed by atoms with Crippen LogP contribution >= 0.6 is 0 Å². The first kappa shape index (κ1) is 17.0. The molecule has 1 aliphatic heterocycles. The fraction of sp³-hybridized carbons (Fsp3) is 0.632. The molecule has 22 heavy (non-hydrogen) atoms. The summed E-state index contributed by atoms with van der Waals surface area (Å²) in [7, 11) is 2.17. The number of aryl methyl sites for hydroxylation is 1. The Labute approximate surface area is 135 Å². The summed E-state index contributed by atoms with van der Waals surface area (Å²) in [5, 5.41) is 3.14. The van der Waals surface area contributed by atoms with E-state index in [1.165, 1.54) is 24.9 Å². The van der Waals surface area contributed by atoms with Gasteiger partial charge in [-0.15, -0.1) is 0 Å². The van der Waals surface area contributed by atoms with Gasteiger partial charge in [-0.05, 0) is 56.7 Å². The van der Waals surface area contributed by atoms with Crippen LogP contribution in [0.25, 0.3) is 0 Å². The van der Waals surface area contributed by atoms with Crippen LogP contribution in [0.15, 0.2) is 30.3 Å². The Morgan fingerprint density at radius 1 is 1.36 bits per heavy atom. The van der Waals surface area contributed by atoms with Gasteiger partial charge in [0.25, 0.3) is 0 Å². The van der Waals surface area contributed by atoms with E-state index in [-0.39, 0.29) is 5.91 Å². The number of hydrogen-bond acceptors (Lipinski definition) is 2. The van der Waals surface area contributed by atoms with Crippen molar-refractivity contribution in [1.82, 2.24) is 10.2 Å². The Bertz CT molecular complexity index is 446. The third kappa shape index (κ3) is 6.18. The fourth-order valence-corrected chi connectivity index (χ4v) is 3.25. The summed E-state index contributed by atoms with van der Waals surface area (Å²) in [6, 6.07) is 10.5. The second-order valence-electron chi connectivity index (χ2n) is 6.91. The number of benzene rings is 1. The van der Waals surface area contributed by atoms with Crippen LogP contribution in [-0.4, -0.2) is 37.5 Å². The average molecular weight is 302 g/mol. The third-order valence-corrected chi connectivity index (χ3v) is 4.61. The van der Waals surface area contributed by atoms with Gasteiger partial charge < -0.3 is 10.2 Å². The highest BCUT2D eigenvalue weighted by Gasteiger charge is 2.18. The zero-order valence-corrected chi connectivity index (χ0v) is 14.1. The van der Waals surface area contributed by atoms with E-state index in [2.05, 4.69) is 48.5 Å². The first-order valence-electron chi connectivity index (χ1n) is 8.62. The molecule has 0 unspecified atom stereocenters. The van der Waals surface area contributed by atoms with Crippen molar-refractivity contribution in [2.75, 3.05) is 26.7 Å². The lowest BCUT2D eigenvalue weighted by molar-refractivity contribution is -0.122. The molecule has 2 atom stereocenters. The zero-order chi connectivity index (χ0) is 15.8. The van der Waals surface area contributed by atoms with Crippen molar-refractivity contribution in [3.8, 4) is 0 Å². The van der Waals surface area contributed by atoms with E-state index in [0.29, 0.717) is 18.3 Å². The molecule has 0 radical (unpaired) electrons. The molecule has 0 aromatic heterocycles. The monoisotopic (exact) mass is 302 g/mol. The van der Waals surface area contributed by atoms with Gasteiger partial charge in [0, 0.05) is 19.5 Å². The van der Waals surface area contributed by atoms with E-state index in [9.17, 15) is 4.79 Å². The largest absolute Gasteiger partial charge is 0.356 e. The minimum Gasteiger partial charge on any atom is -0.356 e. The van der Waals surface area contributed by atoms with Crippen molar-refractivity contribution in [1.29, 1.82) is 0 Å². The lowest BCUT2D eigenvalue weighted by atomic mass is 9.97. The van der Waals surface area contributed by atoms with E-state index in [0.717, 1.165) is 25.9 Å². The number of carbonyl (C=O) groups excluding carboxylic acids is 1. The van der Waals surface area contributed by atoms with Crippen LogP contribution in [0, 0.1) is 11.8 Å². The SMILES string of the molecule is C[C@H](CCc1ccccc1)CC(=O)NC[C@H]1CCCN(C)C1. The summed E-state index contributed by atoms with van der Waals surface area (Å²) in [5.41, 5.74) is 1.36. The number of carbonyl (C=O) groups is 1. The van der Waals surface area contributed by atoms with Crippen LogP contribution in [-0.2, 0) is 11.2 Å². The topological polar surface area (TPSA) is 32.3 Å². The van der Waals surface area contributed by atoms with Gasteiger partial charge in [-0.3, -0.25) is 4.79 Å². The minimum absolute atomic E-state index is 0.216. The highest BCUT2D eigenvalue weighted by Crippen LogP contribution is 2.15. The first-order chi connectivity index (χ1) is 10.6. The number of hydrogen-bond donors (Lipinski definition) is 1. The van der Waals surface area contributed by atoms with Gasteiger partial charge in [0.15, 0.2) is 0 Å². The predicted octanol–water partition coefficient (Wildman–Crippen LogP) is 3.10. The van der Waals surface area contributed by atoms with Gasteiger partial charge in [0.1, 0.15) is 0 Å². The third-order valence-electron chi connectivity index (χ3n) is 4.61. The highest BCUT2D eigenvalue weighted by atomic mass is 16.1. The standard InChI is InChI=1S/C19H30N2O/c1-16(10-11-17-7-4-3-5-8-17)13-19(22)20-14-18-9-6-12-21(2)15-18/h3-5,7-8,16,18H,6,9-15H2,1-2H3,(H,20,22)/t16-,18-/m1/s1. The number of rotatable bonds is 7. The molecule has 1 aliphatic rings. The molecule has 1 saturated heterocycles. The van der Waals surface area contributed by atoms with Gasteiger partial charge in [-0.25, -0.2) is 0 Å². The van der Waals surface area contributed by atoms with Crippen molar-refractivity contribution < 1.29 is 4.79 Å². The average Bonchev–Trinajstić information content (AvgIpc) is 2.52. The number of amides is 1. The fourth-order valence-electron chi connectivity index (χ4n) is 3.25. The van der Waals surface area contributed by atoms with E-state index < -0.39 is 0 Å². The van der Waals surface area contributed by atoms with E-state index in [1.54, 1.807) is 0 Å². The molecule has 0 aliphatic carbocycles. The van der Waals surface area contributed by atoms with Crippen molar-refractivity contribution in [2.24, 2.45) is 11.8 Å². The molecule has 1 aromatic rings. The summed E-state index contributed by atoms with van der Waals surface area (Å²) in [6.45, 7) is 5.33. The number of piperidine rings is 1. The molecule has 0 bridgehead atoms. The van der Waals surface area contributed by atoms with Gasteiger partial charge in [0.2, 0.25) is 5.91 Å². The molecule has 1 aromatic carbocycles. The van der Waals surface area contributed by atoms with Crippen LogP contribution in [0.5, 0.6) is 0 Å². The first-order valence-corrected chi connectivity index (χ1v) is 8.62. The molecule has 1 heterocycles. The van der Waals surface area contributed by atoms with Crippen LogP contribution in [0.3, 0.4) is 0 Å². The van der Waals surface area contributed by atoms with Crippen molar-refractivity contribution in [3.05, 3.63) is 35.9 Å². The molecular weight excluding hydrogens is 272 g/mol. The van der Waals surface area contributed by atoms with E-state index in [4.69, 9.17) is 0 Å². The molecule has 2 rings (SSSR count). The summed E-state index contributed by atoms with van der Waals surface area (Å²) in [5.74, 6) is 1.28. The van der Waals surface area contributed by atoms with Crippen molar-refractivity contribution in [3.63, 3.8) is 0 Å². The second kappa shape index (κ2) is 8.94. The van der Waals surface area contributed by atoms with Crippen molar-refractivity contribution >= 4 is 5.91 Å². The maximum Gasteiger partial charge on any atom is 0.220 e. The quantitative estimate of drug-likeness (QED) is 0.839. The van der Waals surface area contributed by atoms with Gasteiger partial charge in [-0.1, -0.05) is 37.3 Å². The smallest absolute Gasteiger partial charge is 0.220 e. The Morgan fingerprint density at radius 2 is 2.14 bits per heavy atom. The van der Waals surface area contributed by atoms with Crippen LogP contribution in [0.1, 0.15) is 38.2 Å². The molecule has 122 valence electrons. The lowest BCUT2D eigenvalue weighted by Gasteiger charge is -2.29. The molecular formula is C19H30N2O. The van der Waals surface area contributed by atoms with Gasteiger partial charge >= 0.3 is 0 Å². The predicted molar refractivity (Wildman–Crippen MR) is 91.8 cm³/mol. The maximum atomic E-state index is 12.1.